The summed E-state index contributed by atoms with van der Waals surface area (Å²) in [5.41, 5.74) is 1.39. The first-order valence-electron chi connectivity index (χ1n) is 7.03. The minimum Gasteiger partial charge on any atom is -0.325 e. The predicted molar refractivity (Wildman–Crippen MR) is 93.7 cm³/mol. The summed E-state index contributed by atoms with van der Waals surface area (Å²) in [6.45, 7) is 0. The number of rotatable bonds is 4. The number of hydrogen-bond donors (Lipinski definition) is 2. The lowest BCUT2D eigenvalue weighted by Crippen LogP contribution is -2.11. The van der Waals surface area contributed by atoms with E-state index < -0.39 is 16.0 Å². The number of carbonyl (C=O) groups is 1. The van der Waals surface area contributed by atoms with E-state index in [4.69, 9.17) is 5.26 Å². The number of nitrogens with zero attached hydrogens (tertiary/aromatic N) is 2. The molecule has 126 valence electrons. The molecule has 0 aliphatic heterocycles. The second kappa shape index (κ2) is 6.60. The van der Waals surface area contributed by atoms with E-state index in [9.17, 15) is 17.8 Å². The van der Waals surface area contributed by atoms with Gasteiger partial charge < -0.3 is 5.32 Å². The molecule has 3 aromatic rings. The Balaban J connectivity index is 2.16. The molecule has 0 aliphatic rings. The first kappa shape index (κ1) is 17.0. The highest BCUT2D eigenvalue weighted by Gasteiger charge is 2.17. The molecule has 0 fully saturated rings. The van der Waals surface area contributed by atoms with Crippen LogP contribution in [0, 0.1) is 11.3 Å². The Hall–Kier alpha value is -2.80. The van der Waals surface area contributed by atoms with E-state index in [0.717, 1.165) is 10.2 Å². The van der Waals surface area contributed by atoms with Crippen molar-refractivity contribution in [3.8, 4) is 16.6 Å². The lowest BCUT2D eigenvalue weighted by atomic mass is 10.2. The van der Waals surface area contributed by atoms with Gasteiger partial charge in [0.2, 0.25) is 5.91 Å². The summed E-state index contributed by atoms with van der Waals surface area (Å²) in [4.78, 5) is 15.9. The second-order valence-electron chi connectivity index (χ2n) is 5.05. The van der Waals surface area contributed by atoms with Crippen molar-refractivity contribution in [3.63, 3.8) is 0 Å². The molecule has 0 atom stereocenters. The van der Waals surface area contributed by atoms with Crippen molar-refractivity contribution < 1.29 is 17.8 Å². The minimum atomic E-state index is -4.41. The number of aromatic nitrogens is 1. The van der Waals surface area contributed by atoms with Crippen LogP contribution in [0.25, 0.3) is 20.8 Å². The summed E-state index contributed by atoms with van der Waals surface area (Å²) < 4.78 is 33.0. The molecule has 1 aromatic heterocycles. The Morgan fingerprint density at radius 2 is 2.04 bits per heavy atom. The topological polar surface area (TPSA) is 120 Å². The monoisotopic (exact) mass is 373 g/mol. The highest BCUT2D eigenvalue weighted by atomic mass is 32.2. The van der Waals surface area contributed by atoms with Gasteiger partial charge in [-0.3, -0.25) is 9.35 Å². The molecular formula is C16H11N3O4S2. The summed E-state index contributed by atoms with van der Waals surface area (Å²) in [5, 5.41) is 11.7. The van der Waals surface area contributed by atoms with E-state index in [1.54, 1.807) is 6.07 Å². The van der Waals surface area contributed by atoms with E-state index >= 15 is 0 Å². The summed E-state index contributed by atoms with van der Waals surface area (Å²) in [6, 6.07) is 12.9. The van der Waals surface area contributed by atoms with Gasteiger partial charge in [0.15, 0.2) is 0 Å². The summed E-state index contributed by atoms with van der Waals surface area (Å²) in [5.74, 6) is -0.524. The number of thiazole rings is 1. The zero-order chi connectivity index (χ0) is 18.0. The Bertz CT molecular complexity index is 1080. The molecule has 3 rings (SSSR count). The maximum atomic E-state index is 11.7. The number of benzene rings is 2. The van der Waals surface area contributed by atoms with Gasteiger partial charge in [0.1, 0.15) is 11.4 Å². The Morgan fingerprint density at radius 1 is 1.28 bits per heavy atom. The van der Waals surface area contributed by atoms with Crippen LogP contribution in [0.4, 0.5) is 5.69 Å². The third-order valence-corrected chi connectivity index (χ3v) is 5.25. The van der Waals surface area contributed by atoms with Gasteiger partial charge in [-0.1, -0.05) is 12.1 Å². The van der Waals surface area contributed by atoms with Crippen LogP contribution in [0.5, 0.6) is 0 Å². The highest BCUT2D eigenvalue weighted by Crippen LogP contribution is 2.36. The molecule has 1 heterocycles. The standard InChI is InChI=1S/C16H11N3O4S2/c17-8-7-15(20)18-12-6-5-10(25(21,22)23)9-11(12)16-19-13-3-1-2-4-14(13)24-16/h1-6,9H,7H2,(H,18,20)(H,21,22,23). The Labute approximate surface area is 147 Å². The molecule has 1 amide bonds. The smallest absolute Gasteiger partial charge is 0.294 e. The molecule has 9 heteroatoms. The normalized spacial score (nSPS) is 11.2. The second-order valence-corrected chi connectivity index (χ2v) is 7.50. The molecule has 0 saturated carbocycles. The molecule has 0 saturated heterocycles. The fraction of sp³-hybridized carbons (Fsp3) is 0.0625. The van der Waals surface area contributed by atoms with Gasteiger partial charge in [0.25, 0.3) is 10.1 Å². The summed E-state index contributed by atoms with van der Waals surface area (Å²) in [6.07, 6.45) is -0.334. The molecule has 0 radical (unpaired) electrons. The van der Waals surface area contributed by atoms with E-state index in [-0.39, 0.29) is 11.3 Å². The number of carbonyl (C=O) groups excluding carboxylic acids is 1. The average molecular weight is 373 g/mol. The number of para-hydroxylation sites is 1. The number of fused-ring (bicyclic) bond motifs is 1. The minimum absolute atomic E-state index is 0.306. The van der Waals surface area contributed by atoms with Gasteiger partial charge in [-0.15, -0.1) is 11.3 Å². The quantitative estimate of drug-likeness (QED) is 0.678. The fourth-order valence-corrected chi connectivity index (χ4v) is 3.73. The van der Waals surface area contributed by atoms with Gasteiger partial charge in [-0.25, -0.2) is 4.98 Å². The van der Waals surface area contributed by atoms with Gasteiger partial charge >= 0.3 is 0 Å². The maximum absolute atomic E-state index is 11.7. The van der Waals surface area contributed by atoms with Gasteiger partial charge in [-0.2, -0.15) is 13.7 Å². The Morgan fingerprint density at radius 3 is 2.72 bits per heavy atom. The van der Waals surface area contributed by atoms with E-state index in [0.29, 0.717) is 16.3 Å². The van der Waals surface area contributed by atoms with Crippen molar-refractivity contribution in [2.24, 2.45) is 0 Å². The number of hydrogen-bond acceptors (Lipinski definition) is 6. The molecule has 0 bridgehead atoms. The molecular weight excluding hydrogens is 362 g/mol. The van der Waals surface area contributed by atoms with Crippen molar-refractivity contribution in [3.05, 3.63) is 42.5 Å². The number of amides is 1. The van der Waals surface area contributed by atoms with Crippen molar-refractivity contribution in [2.45, 2.75) is 11.3 Å². The number of anilines is 1. The third-order valence-electron chi connectivity index (χ3n) is 3.33. The van der Waals surface area contributed by atoms with Crippen LogP contribution in [-0.2, 0) is 14.9 Å². The van der Waals surface area contributed by atoms with Crippen molar-refractivity contribution in [1.29, 1.82) is 5.26 Å². The van der Waals surface area contributed by atoms with Gasteiger partial charge in [-0.05, 0) is 30.3 Å². The molecule has 25 heavy (non-hydrogen) atoms. The lowest BCUT2D eigenvalue weighted by molar-refractivity contribution is -0.115. The fourth-order valence-electron chi connectivity index (χ4n) is 2.22. The summed E-state index contributed by atoms with van der Waals surface area (Å²) >= 11 is 1.32. The first-order valence-corrected chi connectivity index (χ1v) is 9.28. The SMILES string of the molecule is N#CCC(=O)Nc1ccc(S(=O)(=O)O)cc1-c1nc2ccccc2s1. The van der Waals surface area contributed by atoms with E-state index in [1.807, 2.05) is 24.3 Å². The van der Waals surface area contributed by atoms with Crippen LogP contribution in [0.2, 0.25) is 0 Å². The first-order chi connectivity index (χ1) is 11.9. The van der Waals surface area contributed by atoms with Crippen molar-refractivity contribution >= 4 is 43.3 Å². The number of nitrogens with one attached hydrogen (secondary N) is 1. The highest BCUT2D eigenvalue weighted by molar-refractivity contribution is 7.85. The van der Waals surface area contributed by atoms with E-state index in [2.05, 4.69) is 10.3 Å². The summed E-state index contributed by atoms with van der Waals surface area (Å²) in [7, 11) is -4.41. The zero-order valence-corrected chi connectivity index (χ0v) is 14.3. The van der Waals surface area contributed by atoms with E-state index in [1.165, 1.54) is 29.5 Å². The largest absolute Gasteiger partial charge is 0.325 e. The zero-order valence-electron chi connectivity index (χ0n) is 12.6. The Kier molecular flexibility index (Phi) is 4.50. The molecule has 0 aliphatic carbocycles. The molecule has 7 nitrogen and oxygen atoms in total. The number of nitriles is 1. The van der Waals surface area contributed by atoms with Crippen LogP contribution >= 0.6 is 11.3 Å². The van der Waals surface area contributed by atoms with Crippen LogP contribution in [-0.4, -0.2) is 23.9 Å². The maximum Gasteiger partial charge on any atom is 0.294 e. The molecule has 2 aromatic carbocycles. The van der Waals surface area contributed by atoms with Crippen molar-refractivity contribution in [1.82, 2.24) is 4.98 Å². The molecule has 0 spiro atoms. The lowest BCUT2D eigenvalue weighted by Gasteiger charge is -2.09. The van der Waals surface area contributed by atoms with Gasteiger partial charge in [0, 0.05) is 5.56 Å². The molecule has 2 N–H and O–H groups in total. The van der Waals surface area contributed by atoms with Crippen LogP contribution in [0.15, 0.2) is 47.4 Å². The van der Waals surface area contributed by atoms with Crippen LogP contribution in [0.3, 0.4) is 0 Å². The third kappa shape index (κ3) is 3.66. The van der Waals surface area contributed by atoms with Crippen LogP contribution < -0.4 is 5.32 Å². The predicted octanol–water partition coefficient (Wildman–Crippen LogP) is 3.06. The average Bonchev–Trinajstić information content (AvgIpc) is 2.98. The molecule has 0 unspecified atom stereocenters. The van der Waals surface area contributed by atoms with Crippen LogP contribution in [0.1, 0.15) is 6.42 Å². The van der Waals surface area contributed by atoms with Crippen molar-refractivity contribution in [2.75, 3.05) is 5.32 Å². The van der Waals surface area contributed by atoms with Gasteiger partial charge in [0.05, 0.1) is 26.9 Å².